The van der Waals surface area contributed by atoms with Crippen LogP contribution in [0.4, 0.5) is 11.4 Å². The number of carbonyl (C=O) groups is 1. The lowest BCUT2D eigenvalue weighted by Crippen LogP contribution is -2.29. The van der Waals surface area contributed by atoms with Gasteiger partial charge in [-0.1, -0.05) is 12.1 Å². The highest BCUT2D eigenvalue weighted by Gasteiger charge is 2.11. The lowest BCUT2D eigenvalue weighted by atomic mass is 10.2. The molecular formula is C11H11N3O. The van der Waals surface area contributed by atoms with Gasteiger partial charge in [0.1, 0.15) is 6.54 Å². The number of hydrogen-bond acceptors (Lipinski definition) is 3. The summed E-state index contributed by atoms with van der Waals surface area (Å²) >= 11 is 0. The van der Waals surface area contributed by atoms with Crippen molar-refractivity contribution >= 4 is 23.5 Å². The molecule has 0 aromatic heterocycles. The van der Waals surface area contributed by atoms with Gasteiger partial charge >= 0.3 is 0 Å². The predicted octanol–water partition coefficient (Wildman–Crippen LogP) is 1.21. The van der Waals surface area contributed by atoms with Crippen molar-refractivity contribution in [2.45, 2.75) is 0 Å². The molecule has 0 spiro atoms. The van der Waals surface area contributed by atoms with Gasteiger partial charge in [0, 0.05) is 12.4 Å². The van der Waals surface area contributed by atoms with Crippen LogP contribution in [0, 0.1) is 0 Å². The average Bonchev–Trinajstić information content (AvgIpc) is 2.41. The van der Waals surface area contributed by atoms with Gasteiger partial charge in [-0.3, -0.25) is 9.79 Å². The second kappa shape index (κ2) is 3.96. The summed E-state index contributed by atoms with van der Waals surface area (Å²) in [6.45, 7) is 0.164. The van der Waals surface area contributed by atoms with E-state index in [2.05, 4.69) is 4.99 Å². The Kier molecular flexibility index (Phi) is 2.49. The van der Waals surface area contributed by atoms with Gasteiger partial charge in [-0.05, 0) is 18.2 Å². The van der Waals surface area contributed by atoms with E-state index >= 15 is 0 Å². The number of rotatable bonds is 2. The van der Waals surface area contributed by atoms with Gasteiger partial charge in [0.05, 0.1) is 11.4 Å². The highest BCUT2D eigenvalue weighted by Crippen LogP contribution is 2.29. The number of anilines is 1. The lowest BCUT2D eigenvalue weighted by molar-refractivity contribution is -0.116. The molecule has 15 heavy (non-hydrogen) atoms. The van der Waals surface area contributed by atoms with Crippen molar-refractivity contribution in [2.24, 2.45) is 10.7 Å². The first-order valence-electron chi connectivity index (χ1n) is 4.62. The summed E-state index contributed by atoms with van der Waals surface area (Å²) in [6, 6.07) is 7.61. The molecule has 0 radical (unpaired) electrons. The fraction of sp³-hybridized carbons (Fsp3) is 0.0909. The zero-order valence-corrected chi connectivity index (χ0v) is 8.13. The van der Waals surface area contributed by atoms with Crippen LogP contribution in [0.1, 0.15) is 0 Å². The Morgan fingerprint density at radius 3 is 3.00 bits per heavy atom. The minimum atomic E-state index is -0.364. The third kappa shape index (κ3) is 2.04. The van der Waals surface area contributed by atoms with Gasteiger partial charge in [0.2, 0.25) is 5.91 Å². The number of primary amides is 1. The maximum absolute atomic E-state index is 10.9. The number of nitrogens with zero attached hydrogens (tertiary/aromatic N) is 2. The van der Waals surface area contributed by atoms with E-state index in [0.29, 0.717) is 0 Å². The maximum Gasteiger partial charge on any atom is 0.237 e. The quantitative estimate of drug-likeness (QED) is 0.781. The second-order valence-electron chi connectivity index (χ2n) is 3.20. The predicted molar refractivity (Wildman–Crippen MR) is 60.3 cm³/mol. The molecular weight excluding hydrogens is 190 g/mol. The average molecular weight is 201 g/mol. The van der Waals surface area contributed by atoms with Crippen molar-refractivity contribution < 1.29 is 4.79 Å². The zero-order valence-electron chi connectivity index (χ0n) is 8.13. The van der Waals surface area contributed by atoms with Gasteiger partial charge in [-0.25, -0.2) is 0 Å². The van der Waals surface area contributed by atoms with Crippen LogP contribution in [0.15, 0.2) is 41.5 Å². The van der Waals surface area contributed by atoms with Crippen LogP contribution < -0.4 is 10.6 Å². The van der Waals surface area contributed by atoms with E-state index < -0.39 is 0 Å². The molecule has 1 amide bonds. The number of carbonyl (C=O) groups excluding carboxylic acids is 1. The number of allylic oxidation sites excluding steroid dienone is 1. The fourth-order valence-corrected chi connectivity index (χ4v) is 1.47. The molecule has 0 bridgehead atoms. The van der Waals surface area contributed by atoms with Crippen molar-refractivity contribution in [3.05, 3.63) is 36.5 Å². The van der Waals surface area contributed by atoms with E-state index in [1.807, 2.05) is 24.3 Å². The van der Waals surface area contributed by atoms with E-state index in [9.17, 15) is 4.79 Å². The fourth-order valence-electron chi connectivity index (χ4n) is 1.47. The van der Waals surface area contributed by atoms with Crippen LogP contribution in [-0.2, 0) is 4.79 Å². The number of aliphatic imine (C=N–C) groups is 1. The number of nitrogens with two attached hydrogens (primary N) is 1. The van der Waals surface area contributed by atoms with Crippen LogP contribution in [0.3, 0.4) is 0 Å². The van der Waals surface area contributed by atoms with Crippen LogP contribution in [0.5, 0.6) is 0 Å². The molecule has 0 saturated heterocycles. The largest absolute Gasteiger partial charge is 0.368 e. The Morgan fingerprint density at radius 2 is 2.20 bits per heavy atom. The molecule has 0 aliphatic carbocycles. The van der Waals surface area contributed by atoms with E-state index in [4.69, 9.17) is 5.73 Å². The Labute approximate surface area is 87.7 Å². The molecule has 2 rings (SSSR count). The molecule has 2 N–H and O–H groups in total. The molecule has 1 aliphatic heterocycles. The highest BCUT2D eigenvalue weighted by atomic mass is 16.1. The molecule has 0 saturated carbocycles. The second-order valence-corrected chi connectivity index (χ2v) is 3.20. The molecule has 4 nitrogen and oxygen atoms in total. The van der Waals surface area contributed by atoms with E-state index in [0.717, 1.165) is 11.4 Å². The minimum Gasteiger partial charge on any atom is -0.368 e. The van der Waals surface area contributed by atoms with Crippen molar-refractivity contribution in [3.8, 4) is 0 Å². The number of benzene rings is 1. The summed E-state index contributed by atoms with van der Waals surface area (Å²) in [7, 11) is 0. The zero-order chi connectivity index (χ0) is 10.7. The number of fused-ring (bicyclic) bond motifs is 1. The van der Waals surface area contributed by atoms with Crippen LogP contribution in [-0.4, -0.2) is 18.7 Å². The summed E-state index contributed by atoms with van der Waals surface area (Å²) in [4.78, 5) is 16.9. The molecule has 1 aromatic carbocycles. The molecule has 0 fully saturated rings. The summed E-state index contributed by atoms with van der Waals surface area (Å²) < 4.78 is 0. The minimum absolute atomic E-state index is 0.164. The summed E-state index contributed by atoms with van der Waals surface area (Å²) in [6.07, 6.45) is 5.27. The van der Waals surface area contributed by atoms with Crippen LogP contribution in [0.25, 0.3) is 0 Å². The summed E-state index contributed by atoms with van der Waals surface area (Å²) in [5.74, 6) is -0.364. The van der Waals surface area contributed by atoms with Crippen molar-refractivity contribution in [3.63, 3.8) is 0 Å². The van der Waals surface area contributed by atoms with Crippen LogP contribution >= 0.6 is 0 Å². The smallest absolute Gasteiger partial charge is 0.237 e. The number of para-hydroxylation sites is 2. The lowest BCUT2D eigenvalue weighted by Gasteiger charge is -2.18. The molecule has 1 heterocycles. The van der Waals surface area contributed by atoms with Gasteiger partial charge in [-0.15, -0.1) is 0 Å². The van der Waals surface area contributed by atoms with Gasteiger partial charge in [0.15, 0.2) is 0 Å². The first kappa shape index (κ1) is 9.45. The Bertz CT molecular complexity index is 437. The Hall–Kier alpha value is -2.10. The molecule has 1 aromatic rings. The maximum atomic E-state index is 10.9. The third-order valence-electron chi connectivity index (χ3n) is 2.08. The van der Waals surface area contributed by atoms with Gasteiger partial charge in [-0.2, -0.15) is 0 Å². The molecule has 76 valence electrons. The van der Waals surface area contributed by atoms with Gasteiger partial charge < -0.3 is 10.6 Å². The van der Waals surface area contributed by atoms with Gasteiger partial charge in [0.25, 0.3) is 0 Å². The summed E-state index contributed by atoms with van der Waals surface area (Å²) in [5.41, 5.74) is 6.90. The number of hydrogen-bond donors (Lipinski definition) is 1. The molecule has 0 unspecified atom stereocenters. The van der Waals surface area contributed by atoms with Crippen molar-refractivity contribution in [1.29, 1.82) is 0 Å². The van der Waals surface area contributed by atoms with Crippen molar-refractivity contribution in [2.75, 3.05) is 11.4 Å². The first-order chi connectivity index (χ1) is 7.27. The van der Waals surface area contributed by atoms with Crippen LogP contribution in [0.2, 0.25) is 0 Å². The Morgan fingerprint density at radius 1 is 1.40 bits per heavy atom. The highest BCUT2D eigenvalue weighted by molar-refractivity contribution is 5.86. The molecule has 4 heteroatoms. The Balaban J connectivity index is 2.39. The van der Waals surface area contributed by atoms with E-state index in [-0.39, 0.29) is 12.5 Å². The standard InChI is InChI=1S/C11H11N3O/c12-11(15)8-14-7-3-6-13-9-4-1-2-5-10(9)14/h1-7H,8H2,(H2,12,15). The first-order valence-corrected chi connectivity index (χ1v) is 4.62. The summed E-state index contributed by atoms with van der Waals surface area (Å²) in [5, 5.41) is 0. The topological polar surface area (TPSA) is 58.7 Å². The van der Waals surface area contributed by atoms with E-state index in [1.165, 1.54) is 0 Å². The SMILES string of the molecule is NC(=O)CN1C=CC=Nc2ccccc21. The van der Waals surface area contributed by atoms with Crippen molar-refractivity contribution in [1.82, 2.24) is 0 Å². The molecule has 1 aliphatic rings. The molecule has 0 atom stereocenters. The number of amides is 1. The normalized spacial score (nSPS) is 13.5. The monoisotopic (exact) mass is 201 g/mol. The third-order valence-corrected chi connectivity index (χ3v) is 2.08. The van der Waals surface area contributed by atoms with E-state index in [1.54, 1.807) is 23.4 Å².